The van der Waals surface area contributed by atoms with Crippen LogP contribution in [0.5, 0.6) is 0 Å². The number of rotatable bonds is 5. The van der Waals surface area contributed by atoms with Gasteiger partial charge >= 0.3 is 5.97 Å². The van der Waals surface area contributed by atoms with Crippen LogP contribution in [0.3, 0.4) is 0 Å². The Morgan fingerprint density at radius 2 is 1.64 bits per heavy atom. The molecule has 3 rings (SSSR count). The molecular formula is C20H15F2N3O3. The van der Waals surface area contributed by atoms with E-state index in [4.69, 9.17) is 0 Å². The van der Waals surface area contributed by atoms with Crippen molar-refractivity contribution in [1.82, 2.24) is 4.98 Å². The molecule has 0 atom stereocenters. The first kappa shape index (κ1) is 19.0. The molecule has 0 aliphatic rings. The van der Waals surface area contributed by atoms with Crippen LogP contribution in [-0.2, 0) is 4.74 Å². The van der Waals surface area contributed by atoms with Crippen molar-refractivity contribution in [1.29, 1.82) is 0 Å². The van der Waals surface area contributed by atoms with Crippen molar-refractivity contribution >= 4 is 29.1 Å². The van der Waals surface area contributed by atoms with Gasteiger partial charge in [-0.3, -0.25) is 4.79 Å². The number of nitrogens with one attached hydrogen (secondary N) is 2. The van der Waals surface area contributed by atoms with Crippen molar-refractivity contribution in [2.24, 2.45) is 0 Å². The second-order valence-corrected chi connectivity index (χ2v) is 5.67. The number of aromatic nitrogens is 1. The maximum Gasteiger partial charge on any atom is 0.337 e. The van der Waals surface area contributed by atoms with Crippen LogP contribution in [-0.4, -0.2) is 24.0 Å². The number of anilines is 3. The highest BCUT2D eigenvalue weighted by atomic mass is 19.1. The highest BCUT2D eigenvalue weighted by molar-refractivity contribution is 6.04. The Labute approximate surface area is 159 Å². The molecule has 142 valence electrons. The smallest absolute Gasteiger partial charge is 0.337 e. The molecule has 6 nitrogen and oxygen atoms in total. The van der Waals surface area contributed by atoms with Gasteiger partial charge < -0.3 is 15.4 Å². The monoisotopic (exact) mass is 383 g/mol. The largest absolute Gasteiger partial charge is 0.465 e. The Bertz CT molecular complexity index is 1000. The summed E-state index contributed by atoms with van der Waals surface area (Å²) in [4.78, 5) is 27.8. The van der Waals surface area contributed by atoms with E-state index in [1.165, 1.54) is 43.6 Å². The Balaban J connectivity index is 1.74. The van der Waals surface area contributed by atoms with Gasteiger partial charge in [-0.2, -0.15) is 0 Å². The molecule has 0 saturated heterocycles. The highest BCUT2D eigenvalue weighted by Crippen LogP contribution is 2.22. The second-order valence-electron chi connectivity index (χ2n) is 5.67. The third-order valence-corrected chi connectivity index (χ3v) is 3.80. The molecule has 1 aromatic heterocycles. The molecule has 28 heavy (non-hydrogen) atoms. The van der Waals surface area contributed by atoms with Crippen LogP contribution in [0.1, 0.15) is 20.7 Å². The van der Waals surface area contributed by atoms with Crippen molar-refractivity contribution in [2.75, 3.05) is 17.7 Å². The molecule has 0 aliphatic carbocycles. The summed E-state index contributed by atoms with van der Waals surface area (Å²) in [5, 5.41) is 5.19. The number of amides is 1. The lowest BCUT2D eigenvalue weighted by atomic mass is 10.2. The van der Waals surface area contributed by atoms with E-state index in [0.29, 0.717) is 11.3 Å². The normalized spacial score (nSPS) is 10.2. The van der Waals surface area contributed by atoms with E-state index >= 15 is 0 Å². The first-order chi connectivity index (χ1) is 13.5. The zero-order valence-corrected chi connectivity index (χ0v) is 14.7. The third-order valence-electron chi connectivity index (χ3n) is 3.80. The maximum absolute atomic E-state index is 13.8. The molecule has 8 heteroatoms. The number of halogens is 2. The zero-order chi connectivity index (χ0) is 20.1. The van der Waals surface area contributed by atoms with Gasteiger partial charge in [-0.15, -0.1) is 0 Å². The summed E-state index contributed by atoms with van der Waals surface area (Å²) in [5.41, 5.74) is 0.684. The van der Waals surface area contributed by atoms with E-state index in [0.717, 1.165) is 12.1 Å². The minimum Gasteiger partial charge on any atom is -0.465 e. The summed E-state index contributed by atoms with van der Waals surface area (Å²) >= 11 is 0. The Hall–Kier alpha value is -3.81. The molecule has 0 radical (unpaired) electrons. The fourth-order valence-corrected chi connectivity index (χ4v) is 2.40. The number of methoxy groups -OCH3 is 1. The molecule has 0 bridgehead atoms. The fourth-order valence-electron chi connectivity index (χ4n) is 2.40. The van der Waals surface area contributed by atoms with Crippen LogP contribution in [0.4, 0.5) is 26.0 Å². The van der Waals surface area contributed by atoms with Gasteiger partial charge in [0.05, 0.1) is 12.7 Å². The molecule has 1 heterocycles. The quantitative estimate of drug-likeness (QED) is 0.647. The summed E-state index contributed by atoms with van der Waals surface area (Å²) in [6.45, 7) is 0. The summed E-state index contributed by atoms with van der Waals surface area (Å²) < 4.78 is 32.1. The number of hydrogen-bond donors (Lipinski definition) is 2. The molecule has 0 unspecified atom stereocenters. The van der Waals surface area contributed by atoms with Gasteiger partial charge in [-0.25, -0.2) is 18.6 Å². The number of carbonyl (C=O) groups excluding carboxylic acids is 2. The summed E-state index contributed by atoms with van der Waals surface area (Å²) in [6.07, 6.45) is 1.34. The third kappa shape index (κ3) is 4.29. The van der Waals surface area contributed by atoms with Gasteiger partial charge in [0.1, 0.15) is 23.1 Å². The molecule has 3 aromatic rings. The lowest BCUT2D eigenvalue weighted by molar-refractivity contribution is 0.0600. The number of carbonyl (C=O) groups is 2. The van der Waals surface area contributed by atoms with E-state index in [1.54, 1.807) is 12.1 Å². The topological polar surface area (TPSA) is 80.3 Å². The Morgan fingerprint density at radius 1 is 0.964 bits per heavy atom. The maximum atomic E-state index is 13.8. The fraction of sp³-hybridized carbons (Fsp3) is 0.0500. The molecule has 0 fully saturated rings. The SMILES string of the molecule is COC(=O)c1ccc(NC(=O)c2ccnc(Nc3c(F)cccc3F)c2)cc1. The molecule has 0 saturated carbocycles. The molecular weight excluding hydrogens is 368 g/mol. The average molecular weight is 383 g/mol. The van der Waals surface area contributed by atoms with E-state index in [-0.39, 0.29) is 17.1 Å². The van der Waals surface area contributed by atoms with E-state index in [1.807, 2.05) is 0 Å². The number of esters is 1. The lowest BCUT2D eigenvalue weighted by Gasteiger charge is -2.10. The van der Waals surface area contributed by atoms with Crippen molar-refractivity contribution < 1.29 is 23.1 Å². The predicted molar refractivity (Wildman–Crippen MR) is 99.6 cm³/mol. The number of para-hydroxylation sites is 1. The van der Waals surface area contributed by atoms with Crippen LogP contribution in [0.2, 0.25) is 0 Å². The molecule has 0 spiro atoms. The number of nitrogens with zero attached hydrogens (tertiary/aromatic N) is 1. The molecule has 0 aliphatic heterocycles. The van der Waals surface area contributed by atoms with Crippen LogP contribution < -0.4 is 10.6 Å². The van der Waals surface area contributed by atoms with Gasteiger partial charge in [-0.05, 0) is 48.5 Å². The molecule has 2 N–H and O–H groups in total. The first-order valence-electron chi connectivity index (χ1n) is 8.15. The lowest BCUT2D eigenvalue weighted by Crippen LogP contribution is -2.13. The number of benzene rings is 2. The van der Waals surface area contributed by atoms with Gasteiger partial charge in [0.25, 0.3) is 5.91 Å². The van der Waals surface area contributed by atoms with Crippen LogP contribution in [0, 0.1) is 11.6 Å². The number of hydrogen-bond acceptors (Lipinski definition) is 5. The minimum absolute atomic E-state index is 0.109. The molecule has 2 aromatic carbocycles. The molecule has 1 amide bonds. The van der Waals surface area contributed by atoms with Crippen molar-refractivity contribution in [2.45, 2.75) is 0 Å². The Morgan fingerprint density at radius 3 is 2.29 bits per heavy atom. The predicted octanol–water partition coefficient (Wildman–Crippen LogP) is 4.14. The summed E-state index contributed by atoms with van der Waals surface area (Å²) in [7, 11) is 1.28. The standard InChI is InChI=1S/C20H15F2N3O3/c1-28-20(27)12-5-7-14(8-6-12)24-19(26)13-9-10-23-17(11-13)25-18-15(21)3-2-4-16(18)22/h2-11H,1H3,(H,23,25)(H,24,26). The second kappa shape index (κ2) is 8.26. The first-order valence-corrected chi connectivity index (χ1v) is 8.15. The van der Waals surface area contributed by atoms with E-state index < -0.39 is 23.5 Å². The number of pyridine rings is 1. The van der Waals surface area contributed by atoms with Crippen LogP contribution in [0.25, 0.3) is 0 Å². The van der Waals surface area contributed by atoms with Crippen molar-refractivity contribution in [3.05, 3.63) is 83.6 Å². The number of ether oxygens (including phenoxy) is 1. The van der Waals surface area contributed by atoms with E-state index in [2.05, 4.69) is 20.4 Å². The van der Waals surface area contributed by atoms with Gasteiger partial charge in [0, 0.05) is 17.4 Å². The van der Waals surface area contributed by atoms with Gasteiger partial charge in [0.15, 0.2) is 0 Å². The van der Waals surface area contributed by atoms with Gasteiger partial charge in [-0.1, -0.05) is 6.07 Å². The van der Waals surface area contributed by atoms with Crippen molar-refractivity contribution in [3.63, 3.8) is 0 Å². The van der Waals surface area contributed by atoms with Gasteiger partial charge in [0.2, 0.25) is 0 Å². The van der Waals surface area contributed by atoms with Crippen LogP contribution >= 0.6 is 0 Å². The highest BCUT2D eigenvalue weighted by Gasteiger charge is 2.12. The zero-order valence-electron chi connectivity index (χ0n) is 14.7. The summed E-state index contributed by atoms with van der Waals surface area (Å²) in [6, 6.07) is 12.4. The average Bonchev–Trinajstić information content (AvgIpc) is 2.71. The van der Waals surface area contributed by atoms with Crippen molar-refractivity contribution in [3.8, 4) is 0 Å². The summed E-state index contributed by atoms with van der Waals surface area (Å²) in [5.74, 6) is -2.38. The van der Waals surface area contributed by atoms with Crippen LogP contribution in [0.15, 0.2) is 60.8 Å². The Kier molecular flexibility index (Phi) is 5.59. The minimum atomic E-state index is -0.776. The van der Waals surface area contributed by atoms with E-state index in [9.17, 15) is 18.4 Å².